The topological polar surface area (TPSA) is 52.2 Å². The van der Waals surface area contributed by atoms with E-state index < -0.39 is 17.6 Å². The van der Waals surface area contributed by atoms with Crippen molar-refractivity contribution in [2.24, 2.45) is 7.05 Å². The van der Waals surface area contributed by atoms with E-state index in [0.717, 1.165) is 15.6 Å². The lowest BCUT2D eigenvalue weighted by atomic mass is 9.86. The Labute approximate surface area is 154 Å². The zero-order valence-corrected chi connectivity index (χ0v) is 15.8. The van der Waals surface area contributed by atoms with Crippen molar-refractivity contribution < 1.29 is 13.2 Å². The van der Waals surface area contributed by atoms with Crippen molar-refractivity contribution in [1.82, 2.24) is 19.2 Å². The van der Waals surface area contributed by atoms with Gasteiger partial charge in [-0.3, -0.25) is 4.79 Å². The first-order chi connectivity index (χ1) is 12.4. The second-order valence-corrected chi connectivity index (χ2v) is 7.70. The molecule has 0 unspecified atom stereocenters. The second-order valence-electron chi connectivity index (χ2n) is 7.70. The van der Waals surface area contributed by atoms with Crippen molar-refractivity contribution in [1.29, 1.82) is 0 Å². The van der Waals surface area contributed by atoms with E-state index in [-0.39, 0.29) is 11.2 Å². The Hall–Kier alpha value is -2.64. The first kappa shape index (κ1) is 19.1. The molecule has 2 aromatic heterocycles. The second kappa shape index (κ2) is 6.21. The number of hydrogen-bond acceptors (Lipinski definition) is 3. The highest BCUT2D eigenvalue weighted by atomic mass is 19.4. The Morgan fingerprint density at radius 2 is 1.67 bits per heavy atom. The molecule has 0 bridgehead atoms. The molecule has 2 heterocycles. The normalized spacial score (nSPS) is 12.7. The minimum absolute atomic E-state index is 0.0121. The summed E-state index contributed by atoms with van der Waals surface area (Å²) in [6, 6.07) is 7.88. The predicted octanol–water partition coefficient (Wildman–Crippen LogP) is 3.64. The van der Waals surface area contributed by atoms with Crippen LogP contribution in [0, 0.1) is 6.92 Å². The molecule has 5 nitrogen and oxygen atoms in total. The summed E-state index contributed by atoms with van der Waals surface area (Å²) in [6.07, 6.45) is -4.40. The van der Waals surface area contributed by atoms with Crippen LogP contribution in [0.15, 0.2) is 29.1 Å². The summed E-state index contributed by atoms with van der Waals surface area (Å²) in [5.74, 6) is -1.45. The van der Waals surface area contributed by atoms with Crippen LogP contribution in [0.1, 0.15) is 49.0 Å². The zero-order chi connectivity index (χ0) is 20.1. The average Bonchev–Trinajstić information content (AvgIpc) is 3.02. The van der Waals surface area contributed by atoms with Gasteiger partial charge in [-0.05, 0) is 23.5 Å². The zero-order valence-electron chi connectivity index (χ0n) is 15.8. The van der Waals surface area contributed by atoms with Crippen LogP contribution in [0.5, 0.6) is 0 Å². The van der Waals surface area contributed by atoms with Gasteiger partial charge >= 0.3 is 6.18 Å². The molecule has 27 heavy (non-hydrogen) atoms. The molecule has 0 aliphatic rings. The summed E-state index contributed by atoms with van der Waals surface area (Å²) in [5.41, 5.74) is 2.46. The molecule has 0 saturated heterocycles. The SMILES string of the molecule is Cc1c(Cc2ccc(C(C)(C)C)cc2)c(=O)n2nc(C(F)(F)F)nc2n1C. The molecule has 0 aliphatic carbocycles. The average molecular weight is 378 g/mol. The van der Waals surface area contributed by atoms with E-state index in [0.29, 0.717) is 17.7 Å². The van der Waals surface area contributed by atoms with Crippen LogP contribution >= 0.6 is 0 Å². The molecule has 0 amide bonds. The third-order valence-electron chi connectivity index (χ3n) is 4.73. The van der Waals surface area contributed by atoms with Gasteiger partial charge in [-0.2, -0.15) is 22.7 Å². The third-order valence-corrected chi connectivity index (χ3v) is 4.73. The van der Waals surface area contributed by atoms with Crippen molar-refractivity contribution >= 4 is 5.78 Å². The summed E-state index contributed by atoms with van der Waals surface area (Å²) in [6.45, 7) is 8.03. The lowest BCUT2D eigenvalue weighted by Gasteiger charge is -2.19. The van der Waals surface area contributed by atoms with E-state index in [9.17, 15) is 18.0 Å². The summed E-state index contributed by atoms with van der Waals surface area (Å²) in [4.78, 5) is 16.2. The molecule has 0 radical (unpaired) electrons. The Kier molecular flexibility index (Phi) is 4.40. The first-order valence-electron chi connectivity index (χ1n) is 8.51. The van der Waals surface area contributed by atoms with Gasteiger partial charge in [0.1, 0.15) is 0 Å². The summed E-state index contributed by atoms with van der Waals surface area (Å²) < 4.78 is 41.0. The minimum Gasteiger partial charge on any atom is -0.317 e. The number of fused-ring (bicyclic) bond motifs is 1. The quantitative estimate of drug-likeness (QED) is 0.684. The van der Waals surface area contributed by atoms with Crippen LogP contribution in [0.4, 0.5) is 13.2 Å². The van der Waals surface area contributed by atoms with E-state index in [1.54, 1.807) is 14.0 Å². The number of aryl methyl sites for hydroxylation is 1. The van der Waals surface area contributed by atoms with Crippen molar-refractivity contribution in [2.45, 2.75) is 45.7 Å². The van der Waals surface area contributed by atoms with Crippen molar-refractivity contribution in [3.63, 3.8) is 0 Å². The number of halogens is 3. The van der Waals surface area contributed by atoms with Crippen molar-refractivity contribution in [3.8, 4) is 0 Å². The van der Waals surface area contributed by atoms with E-state index in [1.807, 2.05) is 24.3 Å². The van der Waals surface area contributed by atoms with Crippen LogP contribution in [0.2, 0.25) is 0 Å². The Morgan fingerprint density at radius 1 is 1.07 bits per heavy atom. The highest BCUT2D eigenvalue weighted by molar-refractivity contribution is 5.38. The number of hydrogen-bond donors (Lipinski definition) is 0. The number of alkyl halides is 3. The fourth-order valence-corrected chi connectivity index (χ4v) is 2.94. The monoisotopic (exact) mass is 378 g/mol. The molecule has 1 aromatic carbocycles. The van der Waals surface area contributed by atoms with Crippen LogP contribution in [0.3, 0.4) is 0 Å². The van der Waals surface area contributed by atoms with Crippen LogP contribution in [-0.4, -0.2) is 19.2 Å². The van der Waals surface area contributed by atoms with Crippen molar-refractivity contribution in [3.05, 3.63) is 62.8 Å². The van der Waals surface area contributed by atoms with Crippen LogP contribution in [0.25, 0.3) is 5.78 Å². The molecule has 0 atom stereocenters. The van der Waals surface area contributed by atoms with Gasteiger partial charge in [-0.1, -0.05) is 45.0 Å². The van der Waals surface area contributed by atoms with E-state index >= 15 is 0 Å². The number of aromatic nitrogens is 4. The molecule has 0 spiro atoms. The number of benzene rings is 1. The summed E-state index contributed by atoms with van der Waals surface area (Å²) in [7, 11) is 1.57. The molecule has 0 aliphatic heterocycles. The summed E-state index contributed by atoms with van der Waals surface area (Å²) >= 11 is 0. The fourth-order valence-electron chi connectivity index (χ4n) is 2.94. The van der Waals surface area contributed by atoms with E-state index in [1.165, 1.54) is 4.57 Å². The fraction of sp³-hybridized carbons (Fsp3) is 0.421. The Morgan fingerprint density at radius 3 is 2.19 bits per heavy atom. The molecular formula is C19H21F3N4O. The molecule has 0 fully saturated rings. The van der Waals surface area contributed by atoms with Gasteiger partial charge in [0.2, 0.25) is 5.78 Å². The third kappa shape index (κ3) is 3.48. The van der Waals surface area contributed by atoms with Crippen LogP contribution < -0.4 is 5.56 Å². The first-order valence-corrected chi connectivity index (χ1v) is 8.51. The lowest BCUT2D eigenvalue weighted by Crippen LogP contribution is -2.25. The van der Waals surface area contributed by atoms with E-state index in [4.69, 9.17) is 0 Å². The van der Waals surface area contributed by atoms with Crippen LogP contribution in [-0.2, 0) is 25.1 Å². The van der Waals surface area contributed by atoms with Gasteiger partial charge in [0, 0.05) is 24.7 Å². The molecule has 0 saturated carbocycles. The largest absolute Gasteiger partial charge is 0.453 e. The maximum Gasteiger partial charge on any atom is 0.453 e. The van der Waals surface area contributed by atoms with Crippen molar-refractivity contribution in [2.75, 3.05) is 0 Å². The Bertz CT molecular complexity index is 1050. The van der Waals surface area contributed by atoms with Gasteiger partial charge in [0.25, 0.3) is 11.4 Å². The maximum absolute atomic E-state index is 12.9. The van der Waals surface area contributed by atoms with Gasteiger partial charge < -0.3 is 4.57 Å². The lowest BCUT2D eigenvalue weighted by molar-refractivity contribution is -0.144. The molecule has 3 rings (SSSR count). The molecule has 144 valence electrons. The van der Waals surface area contributed by atoms with Gasteiger partial charge in [0.05, 0.1) is 0 Å². The number of nitrogens with zero attached hydrogens (tertiary/aromatic N) is 4. The van der Waals surface area contributed by atoms with Gasteiger partial charge in [-0.25, -0.2) is 0 Å². The smallest absolute Gasteiger partial charge is 0.317 e. The van der Waals surface area contributed by atoms with E-state index in [2.05, 4.69) is 30.9 Å². The standard InChI is InChI=1S/C19H21F3N4O/c1-11-14(10-12-6-8-13(9-7-12)18(2,3)4)15(27)26-17(25(11)5)23-16(24-26)19(20,21)22/h6-9H,10H2,1-5H3. The molecule has 8 heteroatoms. The highest BCUT2D eigenvalue weighted by Crippen LogP contribution is 2.26. The molecular weight excluding hydrogens is 357 g/mol. The number of rotatable bonds is 2. The maximum atomic E-state index is 12.9. The minimum atomic E-state index is -4.71. The molecule has 3 aromatic rings. The van der Waals surface area contributed by atoms with Gasteiger partial charge in [-0.15, -0.1) is 5.10 Å². The van der Waals surface area contributed by atoms with Gasteiger partial charge in [0.15, 0.2) is 0 Å². The highest BCUT2D eigenvalue weighted by Gasteiger charge is 2.37. The Balaban J connectivity index is 2.08. The summed E-state index contributed by atoms with van der Waals surface area (Å²) in [5, 5.41) is 3.38. The molecule has 0 N–H and O–H groups in total. The predicted molar refractivity (Wildman–Crippen MR) is 95.9 cm³/mol.